The van der Waals surface area contributed by atoms with Crippen LogP contribution in [0.5, 0.6) is 0 Å². The third kappa shape index (κ3) is 6.94. The number of carbonyl (C=O) groups is 5. The number of aromatic amines is 1. The van der Waals surface area contributed by atoms with Gasteiger partial charge >= 0.3 is 0 Å². The summed E-state index contributed by atoms with van der Waals surface area (Å²) < 4.78 is 0. The number of aromatic nitrogens is 2. The van der Waals surface area contributed by atoms with Crippen LogP contribution in [0.4, 0.5) is 5.69 Å². The predicted octanol–water partition coefficient (Wildman–Crippen LogP) is 0.660. The average Bonchev–Trinajstić information content (AvgIpc) is 3.36. The fourth-order valence-corrected chi connectivity index (χ4v) is 4.23. The molecule has 13 heteroatoms. The Morgan fingerprint density at radius 1 is 1.11 bits per heavy atom. The second kappa shape index (κ2) is 12.6. The number of para-hydroxylation sites is 1. The van der Waals surface area contributed by atoms with Crippen molar-refractivity contribution < 1.29 is 34.2 Å². The zero-order chi connectivity index (χ0) is 27.9. The van der Waals surface area contributed by atoms with Gasteiger partial charge in [-0.3, -0.25) is 29.1 Å². The molecule has 0 radical (unpaired) electrons. The van der Waals surface area contributed by atoms with Gasteiger partial charge in [0.1, 0.15) is 17.5 Å². The zero-order valence-electron chi connectivity index (χ0n) is 20.9. The Balaban J connectivity index is 1.47. The van der Waals surface area contributed by atoms with E-state index < -0.39 is 34.9 Å². The molecule has 202 valence electrons. The molecule has 0 spiro atoms. The molecule has 6 N–H and O–H groups in total. The van der Waals surface area contributed by atoms with Crippen molar-refractivity contribution in [2.75, 3.05) is 30.8 Å². The number of aliphatic hydroxyl groups excluding tert-OH is 2. The van der Waals surface area contributed by atoms with Crippen LogP contribution in [-0.4, -0.2) is 81.3 Å². The van der Waals surface area contributed by atoms with E-state index in [0.29, 0.717) is 5.69 Å². The molecule has 1 aliphatic carbocycles. The smallest absolute Gasteiger partial charge is 0.274 e. The van der Waals surface area contributed by atoms with Crippen molar-refractivity contribution in [1.29, 1.82) is 0 Å². The molecule has 0 saturated carbocycles. The van der Waals surface area contributed by atoms with E-state index in [1.807, 2.05) is 0 Å². The van der Waals surface area contributed by atoms with E-state index in [-0.39, 0.29) is 59.6 Å². The number of nitrogens with zero attached hydrogens (tertiary/aromatic N) is 1. The van der Waals surface area contributed by atoms with E-state index in [0.717, 1.165) is 17.8 Å². The summed E-state index contributed by atoms with van der Waals surface area (Å²) in [6.07, 6.45) is -0.302. The Morgan fingerprint density at radius 3 is 2.50 bits per heavy atom. The third-order valence-electron chi connectivity index (χ3n) is 5.70. The highest BCUT2D eigenvalue weighted by Crippen LogP contribution is 2.29. The fraction of sp³-hybridized carbons (Fsp3) is 0.360. The van der Waals surface area contributed by atoms with Crippen molar-refractivity contribution in [2.45, 2.75) is 26.4 Å². The molecule has 1 aromatic heterocycles. The monoisotopic (exact) mass is 543 g/mol. The van der Waals surface area contributed by atoms with Gasteiger partial charge in [0.15, 0.2) is 0 Å². The molecule has 1 unspecified atom stereocenters. The lowest BCUT2D eigenvalue weighted by Crippen LogP contribution is -2.46. The molecule has 0 saturated heterocycles. The molecule has 3 amide bonds. The van der Waals surface area contributed by atoms with E-state index in [4.69, 9.17) is 0 Å². The minimum atomic E-state index is -1.42. The number of anilines is 1. The Bertz CT molecular complexity index is 1260. The summed E-state index contributed by atoms with van der Waals surface area (Å²) in [5, 5.41) is 33.3. The number of hydrogen-bond acceptors (Lipinski definition) is 9. The number of nitrogens with one attached hydrogen (secondary N) is 4. The van der Waals surface area contributed by atoms with E-state index in [9.17, 15) is 34.2 Å². The maximum absolute atomic E-state index is 13.0. The van der Waals surface area contributed by atoms with Crippen molar-refractivity contribution in [3.05, 3.63) is 58.3 Å². The minimum absolute atomic E-state index is 0.00833. The number of aliphatic hydroxyl groups is 2. The lowest BCUT2D eigenvalue weighted by atomic mass is 9.87. The molecule has 1 aromatic carbocycles. The van der Waals surface area contributed by atoms with Crippen LogP contribution >= 0.6 is 11.8 Å². The van der Waals surface area contributed by atoms with Crippen LogP contribution in [0.15, 0.2) is 41.3 Å². The first-order chi connectivity index (χ1) is 18.0. The van der Waals surface area contributed by atoms with Gasteiger partial charge in [0.2, 0.25) is 23.4 Å². The van der Waals surface area contributed by atoms with E-state index in [1.165, 1.54) is 13.8 Å². The maximum Gasteiger partial charge on any atom is 0.274 e. The Morgan fingerprint density at radius 2 is 1.82 bits per heavy atom. The quantitative estimate of drug-likeness (QED) is 0.209. The summed E-state index contributed by atoms with van der Waals surface area (Å²) in [7, 11) is 0. The summed E-state index contributed by atoms with van der Waals surface area (Å²) in [4.78, 5) is 62.3. The molecule has 0 fully saturated rings. The molecule has 0 bridgehead atoms. The number of Topliss-reactive ketones (excluding diaryl/α,β-unsaturated/α-hetero) is 1. The molecule has 3 rings (SSSR count). The lowest BCUT2D eigenvalue weighted by Gasteiger charge is -2.27. The third-order valence-corrected chi connectivity index (χ3v) is 6.72. The van der Waals surface area contributed by atoms with Crippen molar-refractivity contribution >= 4 is 46.7 Å². The van der Waals surface area contributed by atoms with Crippen LogP contribution in [0, 0.1) is 5.41 Å². The van der Waals surface area contributed by atoms with E-state index in [1.54, 1.807) is 30.3 Å². The highest BCUT2D eigenvalue weighted by molar-refractivity contribution is 8.04. The van der Waals surface area contributed by atoms with Gasteiger partial charge in [0.25, 0.3) is 5.91 Å². The van der Waals surface area contributed by atoms with Gasteiger partial charge in [-0.15, -0.1) is 11.8 Å². The number of amides is 3. The summed E-state index contributed by atoms with van der Waals surface area (Å²) in [5.41, 5.74) is -0.836. The van der Waals surface area contributed by atoms with Gasteiger partial charge in [-0.25, -0.2) is 0 Å². The number of benzene rings is 1. The number of allylic oxidation sites excluding steroid dienone is 2. The Kier molecular flexibility index (Phi) is 9.55. The second-order valence-electron chi connectivity index (χ2n) is 9.13. The SMILES string of the molecule is CC(C)(CO)C(O)C(=O)NCCC(=O)NCCSC1=CC(=O)c2n[nH]c(C(=O)Nc3ccccc3)c2C1=O. The van der Waals surface area contributed by atoms with Crippen LogP contribution in [0.25, 0.3) is 0 Å². The minimum Gasteiger partial charge on any atom is -0.396 e. The van der Waals surface area contributed by atoms with Crippen molar-refractivity contribution in [2.24, 2.45) is 5.41 Å². The van der Waals surface area contributed by atoms with Gasteiger partial charge in [-0.2, -0.15) is 5.10 Å². The van der Waals surface area contributed by atoms with E-state index in [2.05, 4.69) is 26.1 Å². The van der Waals surface area contributed by atoms with Gasteiger partial charge in [0, 0.05) is 42.4 Å². The van der Waals surface area contributed by atoms with Crippen LogP contribution in [-0.2, 0) is 9.59 Å². The summed E-state index contributed by atoms with van der Waals surface area (Å²) >= 11 is 1.06. The molecule has 2 aromatic rings. The van der Waals surface area contributed by atoms with Crippen molar-refractivity contribution in [3.8, 4) is 0 Å². The zero-order valence-corrected chi connectivity index (χ0v) is 21.7. The number of thioether (sulfide) groups is 1. The van der Waals surface area contributed by atoms with Crippen LogP contribution in [0.2, 0.25) is 0 Å². The molecule has 0 aliphatic heterocycles. The first kappa shape index (κ1) is 28.8. The maximum atomic E-state index is 13.0. The van der Waals surface area contributed by atoms with Crippen molar-refractivity contribution in [3.63, 3.8) is 0 Å². The topological polar surface area (TPSA) is 191 Å². The molecule has 1 heterocycles. The summed E-state index contributed by atoms with van der Waals surface area (Å²) in [5.74, 6) is -2.41. The van der Waals surface area contributed by atoms with Gasteiger partial charge in [-0.1, -0.05) is 32.0 Å². The molecule has 1 atom stereocenters. The van der Waals surface area contributed by atoms with Crippen LogP contribution in [0.3, 0.4) is 0 Å². The number of fused-ring (bicyclic) bond motifs is 1. The summed E-state index contributed by atoms with van der Waals surface area (Å²) in [6, 6.07) is 8.63. The number of ketones is 2. The number of carbonyl (C=O) groups excluding carboxylic acids is 5. The number of H-pyrrole nitrogens is 1. The highest BCUT2D eigenvalue weighted by atomic mass is 32.2. The van der Waals surface area contributed by atoms with Gasteiger partial charge in [-0.05, 0) is 12.1 Å². The van der Waals surface area contributed by atoms with Crippen LogP contribution in [0.1, 0.15) is 51.6 Å². The van der Waals surface area contributed by atoms with Gasteiger partial charge < -0.3 is 26.2 Å². The highest BCUT2D eigenvalue weighted by Gasteiger charge is 2.34. The van der Waals surface area contributed by atoms with Crippen molar-refractivity contribution in [1.82, 2.24) is 20.8 Å². The first-order valence-electron chi connectivity index (χ1n) is 11.8. The lowest BCUT2D eigenvalue weighted by molar-refractivity contribution is -0.137. The summed E-state index contributed by atoms with van der Waals surface area (Å²) in [6.45, 7) is 2.86. The first-order valence-corrected chi connectivity index (χ1v) is 12.8. The predicted molar refractivity (Wildman–Crippen MR) is 140 cm³/mol. The normalized spacial score (nSPS) is 13.8. The number of hydrogen-bond donors (Lipinski definition) is 6. The molecule has 38 heavy (non-hydrogen) atoms. The van der Waals surface area contributed by atoms with Gasteiger partial charge in [0.05, 0.1) is 17.1 Å². The Hall–Kier alpha value is -3.81. The molecule has 12 nitrogen and oxygen atoms in total. The van der Waals surface area contributed by atoms with E-state index >= 15 is 0 Å². The Labute approximate surface area is 222 Å². The molecule has 1 aliphatic rings. The standard InChI is InChI=1S/C25H29N5O7S/c1-25(2,13-31)22(35)24(37)27-9-8-17(33)26-10-11-38-16-12-15(32)19-18(21(16)34)20(30-29-19)23(36)28-14-6-4-3-5-7-14/h3-7,12,22,31,35H,8-11,13H2,1-2H3,(H,26,33)(H,27,37)(H,28,36)(H,29,30). The molecular formula is C25H29N5O7S. The van der Waals surface area contributed by atoms with Crippen LogP contribution < -0.4 is 16.0 Å². The molecular weight excluding hydrogens is 514 g/mol. The average molecular weight is 544 g/mol. The number of rotatable bonds is 12. The fourth-order valence-electron chi connectivity index (χ4n) is 3.38. The largest absolute Gasteiger partial charge is 0.396 e. The second-order valence-corrected chi connectivity index (χ2v) is 10.3.